The number of allylic oxidation sites excluding steroid dienone is 3. The van der Waals surface area contributed by atoms with Crippen LogP contribution in [0.4, 0.5) is 4.39 Å². The molecule has 6 atom stereocenters. The van der Waals surface area contributed by atoms with Gasteiger partial charge in [0, 0.05) is 30.6 Å². The number of hydrogen-bond donors (Lipinski definition) is 0. The molecule has 0 N–H and O–H groups in total. The van der Waals surface area contributed by atoms with Gasteiger partial charge >= 0.3 is 5.97 Å². The molecule has 2 saturated heterocycles. The van der Waals surface area contributed by atoms with Gasteiger partial charge in [-0.2, -0.15) is 0 Å². The van der Waals surface area contributed by atoms with Crippen LogP contribution < -0.4 is 0 Å². The summed E-state index contributed by atoms with van der Waals surface area (Å²) < 4.78 is 20.0. The Balaban J connectivity index is 1.48. The van der Waals surface area contributed by atoms with Crippen LogP contribution in [0.25, 0.3) is 0 Å². The third kappa shape index (κ3) is 3.77. The van der Waals surface area contributed by atoms with E-state index < -0.39 is 6.17 Å². The fourth-order valence-electron chi connectivity index (χ4n) is 4.55. The number of esters is 1. The van der Waals surface area contributed by atoms with Crippen LogP contribution in [0.3, 0.4) is 0 Å². The number of piperidine rings is 1. The van der Waals surface area contributed by atoms with Crippen molar-refractivity contribution in [1.82, 2.24) is 4.90 Å². The number of carbonyl (C=O) groups excluding carboxylic acids is 2. The van der Waals surface area contributed by atoms with E-state index in [2.05, 4.69) is 4.90 Å². The lowest BCUT2D eigenvalue weighted by molar-refractivity contribution is -0.142. The second-order valence-electron chi connectivity index (χ2n) is 7.91. The highest BCUT2D eigenvalue weighted by Crippen LogP contribution is 2.45. The Kier molecular flexibility index (Phi) is 5.24. The fraction of sp³-hybridized carbons (Fsp3) is 0.700. The summed E-state index contributed by atoms with van der Waals surface area (Å²) in [4.78, 5) is 26.5. The molecule has 0 radical (unpaired) electrons. The number of Topliss-reactive ketones (excluding diaryl/α,β-unsaturated/α-hetero) is 1. The van der Waals surface area contributed by atoms with Crippen molar-refractivity contribution in [2.45, 2.75) is 55.5 Å². The van der Waals surface area contributed by atoms with Crippen molar-refractivity contribution < 1.29 is 18.7 Å². The van der Waals surface area contributed by atoms with Crippen LogP contribution >= 0.6 is 11.8 Å². The first-order valence-corrected chi connectivity index (χ1v) is 10.6. The van der Waals surface area contributed by atoms with Gasteiger partial charge in [-0.05, 0) is 38.1 Å². The number of rotatable bonds is 5. The molecule has 4 nitrogen and oxygen atoms in total. The Labute approximate surface area is 158 Å². The van der Waals surface area contributed by atoms with E-state index in [0.29, 0.717) is 11.2 Å². The van der Waals surface area contributed by atoms with E-state index in [4.69, 9.17) is 4.74 Å². The maximum atomic E-state index is 14.6. The molecule has 6 heteroatoms. The zero-order valence-electron chi connectivity index (χ0n) is 15.1. The molecule has 1 saturated carbocycles. The molecule has 4 aliphatic rings. The lowest BCUT2D eigenvalue weighted by atomic mass is 9.83. The van der Waals surface area contributed by atoms with Gasteiger partial charge in [-0.3, -0.25) is 14.5 Å². The zero-order chi connectivity index (χ0) is 18.3. The third-order valence-electron chi connectivity index (χ3n) is 5.95. The summed E-state index contributed by atoms with van der Waals surface area (Å²) in [7, 11) is 0. The van der Waals surface area contributed by atoms with Gasteiger partial charge in [0.15, 0.2) is 5.78 Å². The van der Waals surface area contributed by atoms with Crippen molar-refractivity contribution in [1.29, 1.82) is 0 Å². The molecule has 2 aliphatic heterocycles. The van der Waals surface area contributed by atoms with Gasteiger partial charge in [0.2, 0.25) is 0 Å². The van der Waals surface area contributed by atoms with Crippen LogP contribution in [-0.4, -0.2) is 52.6 Å². The molecule has 0 aromatic carbocycles. The van der Waals surface area contributed by atoms with Crippen LogP contribution in [-0.2, 0) is 14.3 Å². The third-order valence-corrected chi connectivity index (χ3v) is 7.51. The van der Waals surface area contributed by atoms with E-state index in [0.717, 1.165) is 38.8 Å². The largest absolute Gasteiger partial charge is 0.451 e. The van der Waals surface area contributed by atoms with Gasteiger partial charge in [0.25, 0.3) is 0 Å². The van der Waals surface area contributed by atoms with Crippen LogP contribution in [0.15, 0.2) is 24.3 Å². The lowest BCUT2D eigenvalue weighted by Gasteiger charge is -2.42. The first kappa shape index (κ1) is 18.2. The van der Waals surface area contributed by atoms with Gasteiger partial charge in [0.1, 0.15) is 11.6 Å². The maximum Gasteiger partial charge on any atom is 0.303 e. The molecule has 2 aliphatic carbocycles. The number of carbonyl (C=O) groups is 2. The van der Waals surface area contributed by atoms with E-state index in [-0.39, 0.29) is 35.1 Å². The van der Waals surface area contributed by atoms with Crippen molar-refractivity contribution in [3.8, 4) is 0 Å². The molecule has 0 amide bonds. The molecule has 26 heavy (non-hydrogen) atoms. The van der Waals surface area contributed by atoms with Crippen LogP contribution in [0.2, 0.25) is 0 Å². The van der Waals surface area contributed by atoms with E-state index in [9.17, 15) is 14.0 Å². The molecule has 4 rings (SSSR count). The summed E-state index contributed by atoms with van der Waals surface area (Å²) in [6, 6.07) is -0.363. The van der Waals surface area contributed by atoms with Gasteiger partial charge < -0.3 is 4.74 Å². The van der Waals surface area contributed by atoms with Crippen molar-refractivity contribution in [2.24, 2.45) is 17.8 Å². The number of ether oxygens (including phenoxy) is 1. The van der Waals surface area contributed by atoms with Crippen molar-refractivity contribution in [3.05, 3.63) is 24.3 Å². The van der Waals surface area contributed by atoms with Crippen molar-refractivity contribution in [3.63, 3.8) is 0 Å². The Morgan fingerprint density at radius 1 is 1.23 bits per heavy atom. The molecule has 142 valence electrons. The van der Waals surface area contributed by atoms with Gasteiger partial charge in [0.05, 0.1) is 6.04 Å². The van der Waals surface area contributed by atoms with Crippen LogP contribution in [0, 0.1) is 17.8 Å². The van der Waals surface area contributed by atoms with Gasteiger partial charge in [-0.25, -0.2) is 4.39 Å². The fourth-order valence-corrected chi connectivity index (χ4v) is 6.15. The minimum atomic E-state index is -1.10. The summed E-state index contributed by atoms with van der Waals surface area (Å²) in [5.74, 6) is 0.116. The van der Waals surface area contributed by atoms with Crippen molar-refractivity contribution >= 4 is 23.5 Å². The summed E-state index contributed by atoms with van der Waals surface area (Å²) in [6.07, 6.45) is 9.61. The average molecular weight is 379 g/mol. The van der Waals surface area contributed by atoms with Gasteiger partial charge in [-0.15, -0.1) is 11.8 Å². The maximum absolute atomic E-state index is 14.6. The summed E-state index contributed by atoms with van der Waals surface area (Å²) in [5.41, 5.74) is -0.0773. The summed E-state index contributed by atoms with van der Waals surface area (Å²) in [6.45, 7) is 3.05. The van der Waals surface area contributed by atoms with E-state index in [1.807, 2.05) is 12.2 Å². The van der Waals surface area contributed by atoms with Crippen LogP contribution in [0.5, 0.6) is 0 Å². The predicted molar refractivity (Wildman–Crippen MR) is 99.4 cm³/mol. The molecule has 0 spiro atoms. The zero-order valence-corrected chi connectivity index (χ0v) is 15.9. The quantitative estimate of drug-likeness (QED) is 0.687. The molecule has 0 aromatic heterocycles. The minimum absolute atomic E-state index is 0.0773. The number of likely N-dealkylation sites (tertiary alicyclic amines) is 1. The molecule has 2 heterocycles. The monoisotopic (exact) mass is 379 g/mol. The second-order valence-corrected chi connectivity index (χ2v) is 9.31. The Morgan fingerprint density at radius 2 is 2.00 bits per heavy atom. The number of fused-ring (bicyclic) bond motifs is 1. The van der Waals surface area contributed by atoms with E-state index in [1.165, 1.54) is 6.92 Å². The topological polar surface area (TPSA) is 46.6 Å². The normalized spacial score (nSPS) is 38.0. The average Bonchev–Trinajstić information content (AvgIpc) is 3.37. The molecular formula is C20H26FNO3S. The minimum Gasteiger partial charge on any atom is -0.451 e. The summed E-state index contributed by atoms with van der Waals surface area (Å²) in [5, 5.41) is 0.468. The molecular weight excluding hydrogens is 353 g/mol. The van der Waals surface area contributed by atoms with Crippen molar-refractivity contribution in [2.75, 3.05) is 13.1 Å². The first-order valence-electron chi connectivity index (χ1n) is 9.62. The highest BCUT2D eigenvalue weighted by molar-refractivity contribution is 8.00. The highest BCUT2D eigenvalue weighted by atomic mass is 32.2. The predicted octanol–water partition coefficient (Wildman–Crippen LogP) is 3.13. The standard InChI is InChI=1S/C20H26FNO3S/c1-12(23)25-18-10-14-11-22(9-8-17(14)26-18)19(20(24)13-6-7-13)15-4-2-3-5-16(15)21/h2-5,13-19H,6-11H2,1H3. The Morgan fingerprint density at radius 3 is 2.69 bits per heavy atom. The second kappa shape index (κ2) is 7.47. The Hall–Kier alpha value is -1.14. The highest BCUT2D eigenvalue weighted by Gasteiger charge is 2.47. The van der Waals surface area contributed by atoms with Crippen LogP contribution in [0.1, 0.15) is 32.6 Å². The first-order chi connectivity index (χ1) is 12.5. The molecule has 0 aromatic rings. The van der Waals surface area contributed by atoms with E-state index in [1.54, 1.807) is 23.9 Å². The Bertz CT molecular complexity index is 633. The number of halogens is 1. The van der Waals surface area contributed by atoms with Gasteiger partial charge in [-0.1, -0.05) is 24.3 Å². The van der Waals surface area contributed by atoms with E-state index >= 15 is 0 Å². The number of alkyl halides is 1. The SMILES string of the molecule is CC(=O)OC1CC2CN(C(C(=O)C3CC3)C3C=CC=CC3F)CCC2S1. The lowest BCUT2D eigenvalue weighted by Crippen LogP contribution is -2.54. The molecule has 6 unspecified atom stereocenters. The number of nitrogens with zero attached hydrogens (tertiary/aromatic N) is 1. The molecule has 3 fully saturated rings. The number of thioether (sulfide) groups is 1. The number of hydrogen-bond acceptors (Lipinski definition) is 5. The molecule has 0 bridgehead atoms. The number of ketones is 1. The summed E-state index contributed by atoms with van der Waals surface area (Å²) >= 11 is 1.75. The smallest absolute Gasteiger partial charge is 0.303 e.